The molecular weight excluding hydrogens is 719 g/mol. The molecule has 0 saturated heterocycles. The molecule has 0 spiro atoms. The molecule has 3 aromatic heterocycles. The Bertz CT molecular complexity index is 3160. The number of imidazole rings is 1. The zero-order valence-electron chi connectivity index (χ0n) is 34.1. The number of fused-ring (bicyclic) bond motifs is 4. The van der Waals surface area contributed by atoms with E-state index in [1.807, 2.05) is 6.20 Å². The summed E-state index contributed by atoms with van der Waals surface area (Å²) in [6.45, 7) is 11.2. The van der Waals surface area contributed by atoms with Gasteiger partial charge < -0.3 is 4.90 Å². The van der Waals surface area contributed by atoms with E-state index in [2.05, 4.69) is 235 Å². The van der Waals surface area contributed by atoms with E-state index in [0.29, 0.717) is 0 Å². The van der Waals surface area contributed by atoms with Gasteiger partial charge in [0.1, 0.15) is 11.5 Å². The Kier molecular flexibility index (Phi) is 8.75. The first-order valence-electron chi connectivity index (χ1n) is 20.4. The number of rotatable bonds is 7. The van der Waals surface area contributed by atoms with Gasteiger partial charge in [0.05, 0.1) is 27.9 Å². The summed E-state index contributed by atoms with van der Waals surface area (Å²) in [5.41, 5.74) is 16.0. The van der Waals surface area contributed by atoms with Gasteiger partial charge in [0.25, 0.3) is 0 Å². The van der Waals surface area contributed by atoms with E-state index in [1.54, 1.807) is 0 Å². The molecule has 0 bridgehead atoms. The molecule has 0 unspecified atom stereocenters. The second-order valence-corrected chi connectivity index (χ2v) is 16.5. The number of nitrogens with zero attached hydrogens (tertiary/aromatic N) is 5. The van der Waals surface area contributed by atoms with Crippen molar-refractivity contribution in [1.29, 1.82) is 0 Å². The number of aromatic nitrogens is 4. The number of hydrogen-bond acceptors (Lipinski definition) is 2. The van der Waals surface area contributed by atoms with Gasteiger partial charge in [-0.25, -0.2) is 9.55 Å². The van der Waals surface area contributed by atoms with Crippen LogP contribution in [0.1, 0.15) is 31.9 Å². The fourth-order valence-corrected chi connectivity index (χ4v) is 8.86. The van der Waals surface area contributed by atoms with Crippen molar-refractivity contribution >= 4 is 49.9 Å². The lowest BCUT2D eigenvalue weighted by Gasteiger charge is -2.29. The minimum absolute atomic E-state index is 0.0831. The predicted molar refractivity (Wildman–Crippen MR) is 248 cm³/mol. The first kappa shape index (κ1) is 36.1. The number of aryl methyl sites for hydroxylation is 2. The number of pyridine rings is 1. The lowest BCUT2D eigenvalue weighted by atomic mass is 9.95. The van der Waals surface area contributed by atoms with Gasteiger partial charge in [-0.15, -0.1) is 0 Å². The van der Waals surface area contributed by atoms with E-state index in [1.165, 1.54) is 55.3 Å². The second-order valence-electron chi connectivity index (χ2n) is 16.5. The summed E-state index contributed by atoms with van der Waals surface area (Å²) in [6, 6.07) is 63.4. The molecule has 286 valence electrons. The topological polar surface area (TPSA) is 30.9 Å². The molecule has 5 heteroatoms. The van der Waals surface area contributed by atoms with Crippen molar-refractivity contribution in [3.8, 4) is 33.8 Å². The van der Waals surface area contributed by atoms with Crippen LogP contribution in [0.25, 0.3) is 66.6 Å². The average molecular weight is 765 g/mol. The molecule has 0 aliphatic rings. The summed E-state index contributed by atoms with van der Waals surface area (Å²) in [7, 11) is 0. The van der Waals surface area contributed by atoms with Gasteiger partial charge in [-0.2, -0.15) is 4.57 Å². The van der Waals surface area contributed by atoms with Crippen molar-refractivity contribution in [3.05, 3.63) is 200 Å². The third-order valence-corrected chi connectivity index (χ3v) is 11.6. The van der Waals surface area contributed by atoms with Gasteiger partial charge in [0.15, 0.2) is 17.4 Å². The van der Waals surface area contributed by atoms with Crippen LogP contribution < -0.4 is 4.90 Å². The Morgan fingerprint density at radius 1 is 0.508 bits per heavy atom. The molecule has 0 saturated carbocycles. The fraction of sp³-hybridized carbons (Fsp3) is 0.111. The summed E-state index contributed by atoms with van der Waals surface area (Å²) in [4.78, 5) is 7.49. The SMILES string of the molecule is Cc1cccc(C)c1N(c1cccc(-n2[cH+]n(C(C)(C)C)c3ccccc32)c1)c1ccc2c3ccccc3n(-c3cc(-c4ccccc4-c4ccccc4)ccn3)c2c1. The number of para-hydroxylation sites is 4. The van der Waals surface area contributed by atoms with Crippen LogP contribution in [-0.2, 0) is 5.54 Å². The zero-order valence-corrected chi connectivity index (χ0v) is 34.1. The Labute approximate surface area is 345 Å². The number of benzene rings is 7. The first-order valence-corrected chi connectivity index (χ1v) is 20.4. The Hall–Kier alpha value is -7.24. The maximum atomic E-state index is 5.06. The van der Waals surface area contributed by atoms with Crippen LogP contribution in [-0.4, -0.2) is 18.7 Å². The predicted octanol–water partition coefficient (Wildman–Crippen LogP) is 14.4. The largest absolute Gasteiger partial charge is 0.309 e. The van der Waals surface area contributed by atoms with Gasteiger partial charge in [-0.1, -0.05) is 97.1 Å². The van der Waals surface area contributed by atoms with Crippen LogP contribution in [0.3, 0.4) is 0 Å². The highest BCUT2D eigenvalue weighted by molar-refractivity contribution is 6.10. The van der Waals surface area contributed by atoms with E-state index in [0.717, 1.165) is 39.5 Å². The highest BCUT2D eigenvalue weighted by Gasteiger charge is 2.26. The van der Waals surface area contributed by atoms with Crippen molar-refractivity contribution in [3.63, 3.8) is 0 Å². The standard InChI is InChI=1S/C54H46N5/c1-37-17-15-18-38(2)53(37)58(42-22-16-21-41(34-42)56-36-57(54(3,4)5)50-28-14-13-27-49(50)56)43-29-30-47-46-25-11-12-26-48(46)59(51(47)35-43)52-33-40(31-32-55-52)45-24-10-9-23-44(45)39-19-7-6-8-20-39/h6-36H,1-5H3/q+1. The van der Waals surface area contributed by atoms with Gasteiger partial charge in [-0.05, 0) is 123 Å². The summed E-state index contributed by atoms with van der Waals surface area (Å²) in [5, 5.41) is 2.38. The number of anilines is 3. The second kappa shape index (κ2) is 14.3. The van der Waals surface area contributed by atoms with E-state index in [-0.39, 0.29) is 5.54 Å². The Balaban J connectivity index is 1.17. The van der Waals surface area contributed by atoms with Crippen molar-refractivity contribution in [1.82, 2.24) is 18.7 Å². The minimum atomic E-state index is -0.0831. The molecule has 0 aliphatic heterocycles. The molecule has 0 atom stereocenters. The van der Waals surface area contributed by atoms with Crippen molar-refractivity contribution in [2.45, 2.75) is 40.2 Å². The lowest BCUT2D eigenvalue weighted by Crippen LogP contribution is -2.20. The van der Waals surface area contributed by atoms with Gasteiger partial charge in [0.2, 0.25) is 0 Å². The van der Waals surface area contributed by atoms with Gasteiger partial charge >= 0.3 is 0 Å². The maximum absolute atomic E-state index is 5.06. The molecule has 59 heavy (non-hydrogen) atoms. The van der Waals surface area contributed by atoms with E-state index in [9.17, 15) is 0 Å². The molecule has 5 nitrogen and oxygen atoms in total. The monoisotopic (exact) mass is 764 g/mol. The van der Waals surface area contributed by atoms with E-state index in [4.69, 9.17) is 4.98 Å². The molecule has 0 amide bonds. The van der Waals surface area contributed by atoms with Crippen LogP contribution >= 0.6 is 0 Å². The molecule has 10 aromatic rings. The Morgan fingerprint density at radius 2 is 1.14 bits per heavy atom. The van der Waals surface area contributed by atoms with Gasteiger partial charge in [-0.3, -0.25) is 4.57 Å². The highest BCUT2D eigenvalue weighted by Crippen LogP contribution is 2.43. The Morgan fingerprint density at radius 3 is 1.90 bits per heavy atom. The molecule has 0 N–H and O–H groups in total. The third kappa shape index (κ3) is 6.27. The number of hydrogen-bond donors (Lipinski definition) is 0. The molecule has 10 rings (SSSR count). The highest BCUT2D eigenvalue weighted by atomic mass is 15.2. The van der Waals surface area contributed by atoms with Crippen molar-refractivity contribution in [2.24, 2.45) is 0 Å². The molecule has 0 fully saturated rings. The van der Waals surface area contributed by atoms with E-state index < -0.39 is 0 Å². The quantitative estimate of drug-likeness (QED) is 0.151. The average Bonchev–Trinajstić information content (AvgIpc) is 3.82. The van der Waals surface area contributed by atoms with Crippen LogP contribution in [0.2, 0.25) is 0 Å². The van der Waals surface area contributed by atoms with Crippen LogP contribution in [0.4, 0.5) is 17.1 Å². The molecule has 0 radical (unpaired) electrons. The molecule has 0 aliphatic carbocycles. The summed E-state index contributed by atoms with van der Waals surface area (Å²) in [6.07, 6.45) is 4.19. The molecule has 7 aromatic carbocycles. The molecule has 3 heterocycles. The summed E-state index contributed by atoms with van der Waals surface area (Å²) < 4.78 is 7.02. The molecular formula is C54H46N5+. The van der Waals surface area contributed by atoms with E-state index >= 15 is 0 Å². The third-order valence-electron chi connectivity index (χ3n) is 11.6. The maximum Gasteiger partial charge on any atom is 0.191 e. The van der Waals surface area contributed by atoms with Crippen LogP contribution in [0.15, 0.2) is 188 Å². The normalized spacial score (nSPS) is 11.8. The van der Waals surface area contributed by atoms with Crippen LogP contribution in [0.5, 0.6) is 0 Å². The fourth-order valence-electron chi connectivity index (χ4n) is 8.86. The van der Waals surface area contributed by atoms with Crippen molar-refractivity contribution in [2.75, 3.05) is 4.90 Å². The van der Waals surface area contributed by atoms with Crippen molar-refractivity contribution < 1.29 is 0 Å². The lowest BCUT2D eigenvalue weighted by molar-refractivity contribution is 0.406. The minimum Gasteiger partial charge on any atom is -0.309 e. The van der Waals surface area contributed by atoms with Crippen LogP contribution in [0, 0.1) is 13.8 Å². The smallest absolute Gasteiger partial charge is 0.191 e. The van der Waals surface area contributed by atoms with Gasteiger partial charge in [0, 0.05) is 46.9 Å². The zero-order chi connectivity index (χ0) is 40.3. The first-order chi connectivity index (χ1) is 28.7. The summed E-state index contributed by atoms with van der Waals surface area (Å²) >= 11 is 0. The summed E-state index contributed by atoms with van der Waals surface area (Å²) in [5.74, 6) is 0.876.